The first kappa shape index (κ1) is 35.6. The lowest BCUT2D eigenvalue weighted by Crippen LogP contribution is -2.62. The van der Waals surface area contributed by atoms with Crippen LogP contribution in [0.15, 0.2) is 150 Å². The van der Waals surface area contributed by atoms with Crippen molar-refractivity contribution in [3.63, 3.8) is 0 Å². The van der Waals surface area contributed by atoms with Gasteiger partial charge in [0.05, 0.1) is 37.9 Å². The fraction of sp³-hybridized carbons (Fsp3) is 0.268. The smallest absolute Gasteiger partial charge is 0.299 e. The lowest BCUT2D eigenvalue weighted by atomic mass is 9.98. The summed E-state index contributed by atoms with van der Waals surface area (Å²) in [6.45, 7) is 2.92. The third-order valence-electron chi connectivity index (χ3n) is 8.37. The van der Waals surface area contributed by atoms with Crippen LogP contribution in [-0.4, -0.2) is 45.7 Å². The van der Waals surface area contributed by atoms with Crippen LogP contribution in [-0.2, 0) is 64.4 Å². The zero-order valence-electron chi connectivity index (χ0n) is 28.0. The van der Waals surface area contributed by atoms with Gasteiger partial charge < -0.3 is 23.7 Å². The van der Waals surface area contributed by atoms with Crippen molar-refractivity contribution in [2.75, 3.05) is 6.61 Å². The Kier molecular flexibility index (Phi) is 12.6. The van der Waals surface area contributed by atoms with Crippen LogP contribution in [0.25, 0.3) is 0 Å². The van der Waals surface area contributed by atoms with Gasteiger partial charge in [0.1, 0.15) is 24.4 Å². The van der Waals surface area contributed by atoms with Crippen molar-refractivity contribution >= 4 is 10.1 Å². The van der Waals surface area contributed by atoms with Gasteiger partial charge in [-0.1, -0.05) is 139 Å². The first-order chi connectivity index (χ1) is 24.4. The van der Waals surface area contributed by atoms with Crippen molar-refractivity contribution in [3.8, 4) is 0 Å². The monoisotopic (exact) mass is 694 g/mol. The molecule has 5 aromatic carbocycles. The minimum absolute atomic E-state index is 0.00888. The first-order valence-corrected chi connectivity index (χ1v) is 18.1. The van der Waals surface area contributed by atoms with Crippen LogP contribution >= 0.6 is 0 Å². The molecule has 0 aromatic heterocycles. The topological polar surface area (TPSA) is 89.5 Å². The summed E-state index contributed by atoms with van der Waals surface area (Å²) in [5.74, 6) is 0. The molecule has 9 heteroatoms. The molecule has 5 aromatic rings. The molecule has 5 atom stereocenters. The van der Waals surface area contributed by atoms with Crippen LogP contribution in [0.1, 0.15) is 27.8 Å². The van der Waals surface area contributed by atoms with Crippen LogP contribution in [0.3, 0.4) is 0 Å². The number of ether oxygens (including phenoxy) is 5. The molecule has 8 nitrogen and oxygen atoms in total. The van der Waals surface area contributed by atoms with Crippen molar-refractivity contribution in [2.24, 2.45) is 0 Å². The zero-order chi connectivity index (χ0) is 34.6. The molecule has 0 amide bonds. The Morgan fingerprint density at radius 1 is 0.520 bits per heavy atom. The highest BCUT2D eigenvalue weighted by Gasteiger charge is 2.50. The molecule has 0 unspecified atom stereocenters. The molecule has 1 heterocycles. The highest BCUT2D eigenvalue weighted by atomic mass is 32.2. The summed E-state index contributed by atoms with van der Waals surface area (Å²) < 4.78 is 66.0. The van der Waals surface area contributed by atoms with Gasteiger partial charge in [0.15, 0.2) is 0 Å². The van der Waals surface area contributed by atoms with Crippen molar-refractivity contribution in [3.05, 3.63) is 173 Å². The molecule has 0 bridgehead atoms. The summed E-state index contributed by atoms with van der Waals surface area (Å²) >= 11 is 0. The van der Waals surface area contributed by atoms with Gasteiger partial charge in [-0.15, -0.1) is 0 Å². The zero-order valence-corrected chi connectivity index (χ0v) is 28.8. The first-order valence-electron chi connectivity index (χ1n) is 16.7. The average Bonchev–Trinajstić information content (AvgIpc) is 3.15. The Morgan fingerprint density at radius 3 is 1.42 bits per heavy atom. The van der Waals surface area contributed by atoms with Crippen LogP contribution in [0, 0.1) is 6.92 Å². The van der Waals surface area contributed by atoms with E-state index in [-0.39, 0.29) is 31.3 Å². The molecular weight excluding hydrogens is 653 g/mol. The molecule has 0 radical (unpaired) electrons. The van der Waals surface area contributed by atoms with Crippen molar-refractivity contribution in [1.82, 2.24) is 0 Å². The Labute approximate surface area is 294 Å². The van der Waals surface area contributed by atoms with Gasteiger partial charge in [-0.2, -0.15) is 8.42 Å². The van der Waals surface area contributed by atoms with E-state index in [1.165, 1.54) is 12.1 Å². The second-order valence-corrected chi connectivity index (χ2v) is 13.8. The third kappa shape index (κ3) is 9.95. The van der Waals surface area contributed by atoms with E-state index in [0.29, 0.717) is 6.61 Å². The maximum atomic E-state index is 13.8. The molecule has 1 aliphatic heterocycles. The highest BCUT2D eigenvalue weighted by Crippen LogP contribution is 2.33. The average molecular weight is 695 g/mol. The summed E-state index contributed by atoms with van der Waals surface area (Å²) in [5, 5.41) is 0. The van der Waals surface area contributed by atoms with Gasteiger partial charge in [-0.05, 0) is 41.3 Å². The predicted molar refractivity (Wildman–Crippen MR) is 189 cm³/mol. The van der Waals surface area contributed by atoms with Crippen LogP contribution in [0.5, 0.6) is 0 Å². The summed E-state index contributed by atoms with van der Waals surface area (Å²) in [7, 11) is -4.28. The number of benzene rings is 5. The molecule has 260 valence electrons. The molecule has 1 saturated heterocycles. The number of hydrogen-bond donors (Lipinski definition) is 0. The maximum Gasteiger partial charge on any atom is 0.299 e. The van der Waals surface area contributed by atoms with E-state index in [1.54, 1.807) is 12.1 Å². The van der Waals surface area contributed by atoms with E-state index in [9.17, 15) is 8.42 Å². The van der Waals surface area contributed by atoms with E-state index in [4.69, 9.17) is 27.9 Å². The molecular formula is C41H42O8S. The van der Waals surface area contributed by atoms with Gasteiger partial charge >= 0.3 is 0 Å². The lowest BCUT2D eigenvalue weighted by molar-refractivity contribution is -0.309. The highest BCUT2D eigenvalue weighted by molar-refractivity contribution is 7.86. The molecule has 50 heavy (non-hydrogen) atoms. The second-order valence-electron chi connectivity index (χ2n) is 12.2. The lowest BCUT2D eigenvalue weighted by Gasteiger charge is -2.45. The van der Waals surface area contributed by atoms with E-state index >= 15 is 0 Å². The van der Waals surface area contributed by atoms with Crippen molar-refractivity contribution in [1.29, 1.82) is 0 Å². The summed E-state index contributed by atoms with van der Waals surface area (Å²) in [6, 6.07) is 45.5. The Bertz CT molecular complexity index is 1820. The fourth-order valence-corrected chi connectivity index (χ4v) is 6.70. The van der Waals surface area contributed by atoms with E-state index in [1.807, 2.05) is 128 Å². The van der Waals surface area contributed by atoms with E-state index in [0.717, 1.165) is 27.8 Å². The second kappa shape index (κ2) is 17.6. The predicted octanol–water partition coefficient (Wildman–Crippen LogP) is 7.40. The molecule has 1 aliphatic rings. The van der Waals surface area contributed by atoms with Gasteiger partial charge in [0.2, 0.25) is 6.29 Å². The Balaban J connectivity index is 1.35. The molecule has 6 rings (SSSR count). The summed E-state index contributed by atoms with van der Waals surface area (Å²) in [4.78, 5) is 0.00888. The largest absolute Gasteiger partial charge is 0.374 e. The van der Waals surface area contributed by atoms with E-state index in [2.05, 4.69) is 0 Å². The number of aryl methyl sites for hydroxylation is 1. The van der Waals surface area contributed by atoms with Gasteiger partial charge in [-0.25, -0.2) is 4.18 Å². The Hall–Kier alpha value is -4.19. The Morgan fingerprint density at radius 2 is 0.940 bits per heavy atom. The summed E-state index contributed by atoms with van der Waals surface area (Å²) in [6.07, 6.45) is -4.71. The molecule has 0 spiro atoms. The SMILES string of the molecule is Cc1ccc(S(=O)(=O)O[C@H]2O[C@H](COCc3ccccc3)[C@@H](OCc3ccccc3)[C@H](OCc3ccccc3)[C@H]2OCc2ccccc2)cc1. The van der Waals surface area contributed by atoms with Crippen LogP contribution < -0.4 is 0 Å². The van der Waals surface area contributed by atoms with Crippen LogP contribution in [0.2, 0.25) is 0 Å². The number of rotatable bonds is 16. The van der Waals surface area contributed by atoms with E-state index < -0.39 is 40.8 Å². The van der Waals surface area contributed by atoms with Gasteiger partial charge in [-0.3, -0.25) is 0 Å². The molecule has 0 saturated carbocycles. The quantitative estimate of drug-likeness (QED) is 0.0988. The van der Waals surface area contributed by atoms with Gasteiger partial charge in [0, 0.05) is 0 Å². The molecule has 1 fully saturated rings. The normalized spacial score (nSPS) is 20.8. The summed E-state index contributed by atoms with van der Waals surface area (Å²) in [5.41, 5.74) is 4.69. The molecule has 0 aliphatic carbocycles. The van der Waals surface area contributed by atoms with Gasteiger partial charge in [0.25, 0.3) is 10.1 Å². The minimum atomic E-state index is -4.28. The fourth-order valence-electron chi connectivity index (χ4n) is 5.71. The van der Waals surface area contributed by atoms with Crippen molar-refractivity contribution < 1.29 is 36.3 Å². The van der Waals surface area contributed by atoms with Crippen molar-refractivity contribution in [2.45, 2.75) is 69.0 Å². The number of hydrogen-bond acceptors (Lipinski definition) is 8. The third-order valence-corrected chi connectivity index (χ3v) is 9.66. The van der Waals surface area contributed by atoms with Crippen LogP contribution in [0.4, 0.5) is 0 Å². The molecule has 0 N–H and O–H groups in total. The minimum Gasteiger partial charge on any atom is -0.374 e. The maximum absolute atomic E-state index is 13.8. The standard InChI is InChI=1S/C41H42O8S/c1-31-22-24-36(25-23-31)50(42,43)49-41-40(47-29-35-20-12-5-13-21-35)39(46-28-34-18-10-4-11-19-34)38(45-27-33-16-8-3-9-17-33)37(48-41)30-44-26-32-14-6-2-7-15-32/h2-25,37-41H,26-30H2,1H3/t37-,38-,39+,40-,41-/m1/s1.